The maximum absolute atomic E-state index is 14.2. The van der Waals surface area contributed by atoms with Crippen LogP contribution in [0.2, 0.25) is 0 Å². The molecule has 0 spiro atoms. The van der Waals surface area contributed by atoms with E-state index in [1.165, 1.54) is 106 Å². The van der Waals surface area contributed by atoms with Gasteiger partial charge in [0.1, 0.15) is 0 Å². The van der Waals surface area contributed by atoms with Crippen LogP contribution in [-0.2, 0) is 34.9 Å². The third-order valence-corrected chi connectivity index (χ3v) is 14.5. The van der Waals surface area contributed by atoms with Crippen molar-refractivity contribution in [2.24, 2.45) is 0 Å². The van der Waals surface area contributed by atoms with Crippen molar-refractivity contribution in [3.63, 3.8) is 0 Å². The van der Waals surface area contributed by atoms with Crippen molar-refractivity contribution in [1.82, 2.24) is 0 Å². The zero-order valence-electron chi connectivity index (χ0n) is 34.1. The fraction of sp³-hybridized carbons (Fsp3) is 0.222. The van der Waals surface area contributed by atoms with E-state index in [1.54, 1.807) is 0 Å². The number of hydrogen-bond acceptors (Lipinski definition) is 1. The quantitative estimate of drug-likeness (QED) is 0.176. The summed E-state index contributed by atoms with van der Waals surface area (Å²) < 4.78 is 26.4. The molecule has 1 N–H and O–H groups in total. The average Bonchev–Trinajstić information content (AvgIpc) is 3.15. The Hall–Kier alpha value is -5.18. The maximum atomic E-state index is 14.2. The molecule has 0 saturated heterocycles. The molecule has 284 valence electrons. The van der Waals surface area contributed by atoms with Crippen molar-refractivity contribution in [2.75, 3.05) is 0 Å². The van der Waals surface area contributed by atoms with Crippen LogP contribution in [0.1, 0.15) is 93.1 Å². The van der Waals surface area contributed by atoms with Crippen LogP contribution in [-0.4, -0.2) is 18.4 Å². The van der Waals surface area contributed by atoms with Crippen LogP contribution >= 0.6 is 0 Å². The molecule has 0 heterocycles. The minimum atomic E-state index is -3.44. The molecule has 9 rings (SSSR count). The van der Waals surface area contributed by atoms with Crippen LogP contribution in [0.25, 0.3) is 44.5 Å². The van der Waals surface area contributed by atoms with E-state index in [4.69, 9.17) is 0 Å². The predicted molar refractivity (Wildman–Crippen MR) is 238 cm³/mol. The second-order valence-corrected chi connectivity index (χ2v) is 19.3. The first-order chi connectivity index (χ1) is 27.4. The van der Waals surface area contributed by atoms with Gasteiger partial charge in [-0.15, -0.1) is 0 Å². The summed E-state index contributed by atoms with van der Waals surface area (Å²) in [6.45, 7) is 15.6. The van der Waals surface area contributed by atoms with E-state index >= 15 is 0 Å². The first-order valence-corrected chi connectivity index (χ1v) is 22.6. The summed E-state index contributed by atoms with van der Waals surface area (Å²) in [6.07, 6.45) is 2.84. The number of hydrogen-bond donors (Lipinski definition) is 1. The zero-order chi connectivity index (χ0) is 39.7. The van der Waals surface area contributed by atoms with Gasteiger partial charge < -0.3 is 0 Å². The van der Waals surface area contributed by atoms with E-state index in [1.807, 2.05) is 0 Å². The fourth-order valence-electron chi connectivity index (χ4n) is 10.0. The van der Waals surface area contributed by atoms with Gasteiger partial charge in [-0.3, -0.25) is 0 Å². The number of benzene rings is 7. The Balaban J connectivity index is 1.31. The molecule has 1 atom stereocenters. The molecule has 0 saturated carbocycles. The summed E-state index contributed by atoms with van der Waals surface area (Å²) in [5.41, 5.74) is 25.6. The second kappa shape index (κ2) is 14.3. The molecule has 0 fully saturated rings. The summed E-state index contributed by atoms with van der Waals surface area (Å²) in [4.78, 5) is 0. The van der Waals surface area contributed by atoms with Gasteiger partial charge in [0.15, 0.2) is 0 Å². The third-order valence-electron chi connectivity index (χ3n) is 12.6. The van der Waals surface area contributed by atoms with Crippen molar-refractivity contribution < 1.29 is 8.02 Å². The molecule has 2 nitrogen and oxygen atoms in total. The first-order valence-electron chi connectivity index (χ1n) is 20.3. The topological polar surface area (TPSA) is 37.3 Å². The third kappa shape index (κ3) is 6.47. The van der Waals surface area contributed by atoms with Crippen LogP contribution in [0.15, 0.2) is 121 Å². The van der Waals surface area contributed by atoms with E-state index in [0.717, 1.165) is 24.0 Å². The molecule has 0 aromatic heterocycles. The summed E-state index contributed by atoms with van der Waals surface area (Å²) in [7, 11) is 0. The van der Waals surface area contributed by atoms with Gasteiger partial charge in [-0.1, -0.05) is 0 Å². The molecule has 0 amide bonds. The van der Waals surface area contributed by atoms with Crippen LogP contribution in [0.3, 0.4) is 0 Å². The molecule has 3 heteroatoms. The molecule has 0 radical (unpaired) electrons. The predicted octanol–water partition coefficient (Wildman–Crippen LogP) is 12.0. The van der Waals surface area contributed by atoms with Crippen molar-refractivity contribution in [2.45, 2.75) is 79.6 Å². The van der Waals surface area contributed by atoms with Gasteiger partial charge >= 0.3 is 344 Å². The van der Waals surface area contributed by atoms with Gasteiger partial charge in [0.25, 0.3) is 0 Å². The fourth-order valence-corrected chi connectivity index (χ4v) is 11.5. The van der Waals surface area contributed by atoms with Gasteiger partial charge in [-0.2, -0.15) is 0 Å². The summed E-state index contributed by atoms with van der Waals surface area (Å²) >= 11 is -3.44. The van der Waals surface area contributed by atoms with Crippen molar-refractivity contribution in [3.05, 3.63) is 194 Å². The van der Waals surface area contributed by atoms with Crippen LogP contribution in [0.4, 0.5) is 0 Å². The van der Waals surface area contributed by atoms with E-state index in [-0.39, 0.29) is 5.41 Å². The zero-order valence-corrected chi connectivity index (χ0v) is 35.9. The Labute approximate surface area is 342 Å². The summed E-state index contributed by atoms with van der Waals surface area (Å²) in [5, 5.41) is 0. The number of aryl methyl sites for hydroxylation is 4. The number of fused-ring (bicyclic) bond motifs is 12. The minimum absolute atomic E-state index is 0.184. The Morgan fingerprint density at radius 1 is 0.491 bits per heavy atom. The molecule has 0 aliphatic heterocycles. The van der Waals surface area contributed by atoms with Gasteiger partial charge in [-0.25, -0.2) is 0 Å². The molecule has 7 aromatic rings. The monoisotopic (exact) mass is 810 g/mol. The first kappa shape index (κ1) is 37.4. The Morgan fingerprint density at radius 3 is 1.07 bits per heavy atom. The van der Waals surface area contributed by atoms with E-state index in [0.29, 0.717) is 17.3 Å². The van der Waals surface area contributed by atoms with Gasteiger partial charge in [0.05, 0.1) is 0 Å². The van der Waals surface area contributed by atoms with Crippen LogP contribution in [0, 0.1) is 27.7 Å². The average molecular weight is 810 g/mol. The van der Waals surface area contributed by atoms with E-state index in [2.05, 4.69) is 170 Å². The van der Waals surface area contributed by atoms with Gasteiger partial charge in [0.2, 0.25) is 0 Å². The Morgan fingerprint density at radius 2 is 0.789 bits per heavy atom. The molecule has 2 aliphatic carbocycles. The van der Waals surface area contributed by atoms with Crippen LogP contribution < -0.4 is 4.46 Å². The Bertz CT molecular complexity index is 2480. The standard InChI is InChI=1S/C54H50O2Se/c1-32-14-8-18-36-26-37-19-9-15-33(2)50(37)44-23-12-22-43(49(32)36)47(44)30-40-28-42(54(5,6)7)29-41(53(40)57(55)56)31-48-45-24-13-25-46(48)52-35(4)17-11-21-39(52)27-38-20-10-16-34(3)51(38)45/h8-25,28-29H,26-27,30-31H2,1-7H3,(H,55,56). The summed E-state index contributed by atoms with van der Waals surface area (Å²) in [5.74, 6) is 0. The molecule has 7 aromatic carbocycles. The Kier molecular flexibility index (Phi) is 9.40. The number of rotatable bonds is 5. The molecule has 4 bridgehead atoms. The SMILES string of the molecule is Cc1cccc2c1-c1cccc(c1Cc1cc(C(C)(C)C)cc(Cc3c4cccc3-c3c(C)cccc3Cc3cccc(C)c3-4)c1[Se](=O)O)-c1c(C)cccc1C2. The molecule has 2 aliphatic rings. The van der Waals surface area contributed by atoms with E-state index < -0.39 is 14.2 Å². The van der Waals surface area contributed by atoms with Crippen molar-refractivity contribution in [3.8, 4) is 44.5 Å². The second-order valence-electron chi connectivity index (χ2n) is 17.4. The van der Waals surface area contributed by atoms with Crippen LogP contribution in [0.5, 0.6) is 0 Å². The normalized spacial score (nSPS) is 13.3. The van der Waals surface area contributed by atoms with E-state index in [9.17, 15) is 8.02 Å². The van der Waals surface area contributed by atoms with Gasteiger partial charge in [-0.05, 0) is 0 Å². The molecule has 57 heavy (non-hydrogen) atoms. The molecular weight excluding hydrogens is 760 g/mol. The molecular formula is C54H50O2Se. The molecule has 1 unspecified atom stereocenters. The summed E-state index contributed by atoms with van der Waals surface area (Å²) in [6, 6.07) is 44.7. The van der Waals surface area contributed by atoms with Crippen molar-refractivity contribution >= 4 is 18.6 Å². The van der Waals surface area contributed by atoms with Crippen molar-refractivity contribution in [1.29, 1.82) is 0 Å². The van der Waals surface area contributed by atoms with Gasteiger partial charge in [0, 0.05) is 0 Å².